The Hall–Kier alpha value is -2.44. The molecule has 0 bridgehead atoms. The number of hydrogen-bond acceptors (Lipinski definition) is 4. The molecular formula is C20H22ClN3O3. The van der Waals surface area contributed by atoms with Crippen molar-refractivity contribution in [2.45, 2.75) is 13.8 Å². The predicted molar refractivity (Wildman–Crippen MR) is 105 cm³/mol. The van der Waals surface area contributed by atoms with Gasteiger partial charge < -0.3 is 14.9 Å². The maximum absolute atomic E-state index is 13.3. The van der Waals surface area contributed by atoms with E-state index in [4.69, 9.17) is 11.6 Å². The first-order valence-corrected chi connectivity index (χ1v) is 9.15. The first kappa shape index (κ1) is 19.3. The zero-order chi connectivity index (χ0) is 19.7. The minimum Gasteiger partial charge on any atom is -0.478 e. The fourth-order valence-corrected chi connectivity index (χ4v) is 3.57. The van der Waals surface area contributed by atoms with Crippen molar-refractivity contribution >= 4 is 23.5 Å². The second-order valence-corrected chi connectivity index (χ2v) is 7.25. The average molecular weight is 388 g/mol. The van der Waals surface area contributed by atoms with Crippen molar-refractivity contribution in [1.82, 2.24) is 14.8 Å². The van der Waals surface area contributed by atoms with Crippen LogP contribution in [0.5, 0.6) is 0 Å². The van der Waals surface area contributed by atoms with Crippen LogP contribution in [0.4, 0.5) is 0 Å². The van der Waals surface area contributed by atoms with Crippen molar-refractivity contribution in [3.05, 3.63) is 51.8 Å². The van der Waals surface area contributed by atoms with Gasteiger partial charge in [-0.25, -0.2) is 4.79 Å². The second-order valence-electron chi connectivity index (χ2n) is 6.82. The number of pyridine rings is 1. The summed E-state index contributed by atoms with van der Waals surface area (Å²) < 4.78 is 0. The van der Waals surface area contributed by atoms with Gasteiger partial charge in [-0.3, -0.25) is 9.78 Å². The number of aryl methyl sites for hydroxylation is 2. The molecule has 1 N–H and O–H groups in total. The molecule has 7 heteroatoms. The number of carbonyl (C=O) groups is 2. The van der Waals surface area contributed by atoms with E-state index in [2.05, 4.69) is 9.88 Å². The molecule has 2 heterocycles. The SMILES string of the molecule is Cc1nc(C)c(C(=O)N2CCN(C)CC2)c(-c2ccc(Cl)cc2)c1C(=O)O. The summed E-state index contributed by atoms with van der Waals surface area (Å²) in [4.78, 5) is 33.6. The predicted octanol–water partition coefficient (Wildman–Crippen LogP) is 3.10. The lowest BCUT2D eigenvalue weighted by Crippen LogP contribution is -2.47. The van der Waals surface area contributed by atoms with Crippen molar-refractivity contribution in [3.8, 4) is 11.1 Å². The van der Waals surface area contributed by atoms with Crippen molar-refractivity contribution in [2.75, 3.05) is 33.2 Å². The number of piperazine rings is 1. The van der Waals surface area contributed by atoms with Crippen molar-refractivity contribution < 1.29 is 14.7 Å². The van der Waals surface area contributed by atoms with Crippen LogP contribution in [0.15, 0.2) is 24.3 Å². The van der Waals surface area contributed by atoms with Crippen LogP contribution < -0.4 is 0 Å². The minimum absolute atomic E-state index is 0.0559. The minimum atomic E-state index is -1.10. The van der Waals surface area contributed by atoms with E-state index in [0.717, 1.165) is 13.1 Å². The molecule has 1 fully saturated rings. The fraction of sp³-hybridized carbons (Fsp3) is 0.350. The Kier molecular flexibility index (Phi) is 5.48. The van der Waals surface area contributed by atoms with E-state index in [1.807, 2.05) is 7.05 Å². The molecular weight excluding hydrogens is 366 g/mol. The largest absolute Gasteiger partial charge is 0.478 e. The molecule has 3 rings (SSSR count). The number of hydrogen-bond donors (Lipinski definition) is 1. The fourth-order valence-electron chi connectivity index (χ4n) is 3.45. The second kappa shape index (κ2) is 7.66. The summed E-state index contributed by atoms with van der Waals surface area (Å²) in [6, 6.07) is 6.86. The highest BCUT2D eigenvalue weighted by atomic mass is 35.5. The van der Waals surface area contributed by atoms with E-state index in [0.29, 0.717) is 46.2 Å². The Labute approximate surface area is 163 Å². The molecule has 1 aromatic heterocycles. The number of aromatic nitrogens is 1. The summed E-state index contributed by atoms with van der Waals surface area (Å²) >= 11 is 5.99. The standard InChI is InChI=1S/C20H22ClN3O3/c1-12-16(19(25)24-10-8-23(3)9-11-24)18(14-4-6-15(21)7-5-14)17(20(26)27)13(2)22-12/h4-7H,8-11H2,1-3H3,(H,26,27). The Balaban J connectivity index is 2.20. The van der Waals surface area contributed by atoms with Gasteiger partial charge >= 0.3 is 5.97 Å². The van der Waals surface area contributed by atoms with Crippen LogP contribution in [0.25, 0.3) is 11.1 Å². The van der Waals surface area contributed by atoms with Crippen molar-refractivity contribution in [1.29, 1.82) is 0 Å². The Bertz CT molecular complexity index is 888. The van der Waals surface area contributed by atoms with Crippen LogP contribution in [-0.4, -0.2) is 65.0 Å². The molecule has 1 aromatic carbocycles. The molecule has 0 aliphatic carbocycles. The van der Waals surface area contributed by atoms with E-state index in [9.17, 15) is 14.7 Å². The van der Waals surface area contributed by atoms with E-state index in [1.165, 1.54) is 0 Å². The van der Waals surface area contributed by atoms with E-state index < -0.39 is 5.97 Å². The molecule has 0 saturated carbocycles. The van der Waals surface area contributed by atoms with Crippen molar-refractivity contribution in [3.63, 3.8) is 0 Å². The summed E-state index contributed by atoms with van der Waals surface area (Å²) in [6.45, 7) is 6.18. The maximum atomic E-state index is 13.3. The highest BCUT2D eigenvalue weighted by molar-refractivity contribution is 6.30. The lowest BCUT2D eigenvalue weighted by molar-refractivity contribution is 0.0663. The van der Waals surface area contributed by atoms with Crippen LogP contribution in [0.3, 0.4) is 0 Å². The molecule has 2 aromatic rings. The quantitative estimate of drug-likeness (QED) is 0.875. The number of rotatable bonds is 3. The third-order valence-corrected chi connectivity index (χ3v) is 5.16. The number of benzene rings is 1. The van der Waals surface area contributed by atoms with Crippen LogP contribution in [0, 0.1) is 13.8 Å². The first-order valence-electron chi connectivity index (χ1n) is 8.78. The number of carboxylic acids is 1. The van der Waals surface area contributed by atoms with E-state index in [1.54, 1.807) is 43.0 Å². The third kappa shape index (κ3) is 3.82. The molecule has 1 aliphatic rings. The maximum Gasteiger partial charge on any atom is 0.338 e. The van der Waals surface area contributed by atoms with Crippen LogP contribution >= 0.6 is 11.6 Å². The number of aromatic carboxylic acids is 1. The zero-order valence-electron chi connectivity index (χ0n) is 15.6. The van der Waals surface area contributed by atoms with Gasteiger partial charge in [0.2, 0.25) is 0 Å². The van der Waals surface area contributed by atoms with E-state index in [-0.39, 0.29) is 11.5 Å². The Morgan fingerprint density at radius 3 is 2.11 bits per heavy atom. The molecule has 0 spiro atoms. The first-order chi connectivity index (χ1) is 12.8. The van der Waals surface area contributed by atoms with Gasteiger partial charge in [-0.2, -0.15) is 0 Å². The summed E-state index contributed by atoms with van der Waals surface area (Å²) in [5.74, 6) is -1.28. The van der Waals surface area contributed by atoms with Gasteiger partial charge in [0.15, 0.2) is 0 Å². The van der Waals surface area contributed by atoms with Gasteiger partial charge in [-0.05, 0) is 38.6 Å². The molecule has 142 valence electrons. The molecule has 0 unspecified atom stereocenters. The summed E-state index contributed by atoms with van der Waals surface area (Å²) in [7, 11) is 2.02. The lowest BCUT2D eigenvalue weighted by atomic mass is 9.91. The Morgan fingerprint density at radius 2 is 1.56 bits per heavy atom. The molecule has 1 amide bonds. The number of amides is 1. The van der Waals surface area contributed by atoms with Gasteiger partial charge in [0, 0.05) is 36.8 Å². The number of carbonyl (C=O) groups excluding carboxylic acids is 1. The molecule has 6 nitrogen and oxygen atoms in total. The smallest absolute Gasteiger partial charge is 0.338 e. The summed E-state index contributed by atoms with van der Waals surface area (Å²) in [6.07, 6.45) is 0. The summed E-state index contributed by atoms with van der Waals surface area (Å²) in [5.41, 5.74) is 2.38. The average Bonchev–Trinajstić information content (AvgIpc) is 2.61. The zero-order valence-corrected chi connectivity index (χ0v) is 16.4. The molecule has 1 saturated heterocycles. The molecule has 0 atom stereocenters. The molecule has 0 radical (unpaired) electrons. The number of nitrogens with zero attached hydrogens (tertiary/aromatic N) is 3. The van der Waals surface area contributed by atoms with Gasteiger partial charge in [-0.1, -0.05) is 23.7 Å². The highest BCUT2D eigenvalue weighted by Crippen LogP contribution is 2.33. The topological polar surface area (TPSA) is 73.7 Å². The van der Waals surface area contributed by atoms with Crippen LogP contribution in [-0.2, 0) is 0 Å². The van der Waals surface area contributed by atoms with Crippen LogP contribution in [0.1, 0.15) is 32.1 Å². The van der Waals surface area contributed by atoms with Gasteiger partial charge in [0.1, 0.15) is 0 Å². The van der Waals surface area contributed by atoms with Gasteiger partial charge in [0.25, 0.3) is 5.91 Å². The van der Waals surface area contributed by atoms with Gasteiger partial charge in [-0.15, -0.1) is 0 Å². The number of halogens is 1. The molecule has 1 aliphatic heterocycles. The van der Waals surface area contributed by atoms with Crippen molar-refractivity contribution in [2.24, 2.45) is 0 Å². The van der Waals surface area contributed by atoms with Gasteiger partial charge in [0.05, 0.1) is 22.5 Å². The van der Waals surface area contributed by atoms with Crippen LogP contribution in [0.2, 0.25) is 5.02 Å². The highest BCUT2D eigenvalue weighted by Gasteiger charge is 2.29. The Morgan fingerprint density at radius 1 is 1.00 bits per heavy atom. The molecule has 27 heavy (non-hydrogen) atoms. The monoisotopic (exact) mass is 387 g/mol. The number of carboxylic acid groups (broad SMARTS) is 1. The van der Waals surface area contributed by atoms with E-state index >= 15 is 0 Å². The third-order valence-electron chi connectivity index (χ3n) is 4.91. The summed E-state index contributed by atoms with van der Waals surface area (Å²) in [5, 5.41) is 10.4. The lowest BCUT2D eigenvalue weighted by Gasteiger charge is -2.33. The number of likely N-dealkylation sites (N-methyl/N-ethyl adjacent to an activating group) is 1. The normalized spacial score (nSPS) is 15.0.